The summed E-state index contributed by atoms with van der Waals surface area (Å²) in [7, 11) is 0. The number of pyridine rings is 1. The summed E-state index contributed by atoms with van der Waals surface area (Å²) in [6.45, 7) is 3.29. The molecule has 0 saturated heterocycles. The van der Waals surface area contributed by atoms with Crippen molar-refractivity contribution >= 4 is 0 Å². The van der Waals surface area contributed by atoms with Crippen molar-refractivity contribution in [2.45, 2.75) is 38.0 Å². The van der Waals surface area contributed by atoms with Crippen molar-refractivity contribution in [1.29, 1.82) is 5.26 Å². The first kappa shape index (κ1) is 19.4. The standard InChI is InChI=1S/C19H19N3O6/c1-19(2)18(24)17(14-9-13(11-20)3-4-15(14)28-19)21-7-5-12(10-16(21)23)6-8-27-22(25)26/h3-5,7,9-10,17-18,24H,6,8H2,1-2H3. The van der Waals surface area contributed by atoms with Crippen LogP contribution in [0.2, 0.25) is 0 Å². The summed E-state index contributed by atoms with van der Waals surface area (Å²) in [6, 6.07) is 9.17. The molecule has 0 amide bonds. The summed E-state index contributed by atoms with van der Waals surface area (Å²) in [5.41, 5.74) is 0.172. The Morgan fingerprint density at radius 3 is 2.79 bits per heavy atom. The van der Waals surface area contributed by atoms with Crippen molar-refractivity contribution in [3.63, 3.8) is 0 Å². The molecule has 0 spiro atoms. The van der Waals surface area contributed by atoms with Crippen LogP contribution in [0.4, 0.5) is 0 Å². The second kappa shape index (κ2) is 7.32. The molecule has 3 rings (SSSR count). The summed E-state index contributed by atoms with van der Waals surface area (Å²) < 4.78 is 7.25. The number of nitrogens with zero attached hydrogens (tertiary/aromatic N) is 3. The lowest BCUT2D eigenvalue weighted by atomic mass is 9.85. The van der Waals surface area contributed by atoms with Gasteiger partial charge in [-0.1, -0.05) is 0 Å². The van der Waals surface area contributed by atoms with E-state index < -0.39 is 22.8 Å². The third-order valence-corrected chi connectivity index (χ3v) is 4.74. The van der Waals surface area contributed by atoms with Gasteiger partial charge in [-0.3, -0.25) is 4.79 Å². The lowest BCUT2D eigenvalue weighted by molar-refractivity contribution is -0.757. The van der Waals surface area contributed by atoms with Crippen molar-refractivity contribution in [2.75, 3.05) is 6.61 Å². The van der Waals surface area contributed by atoms with E-state index in [0.29, 0.717) is 22.4 Å². The van der Waals surface area contributed by atoms with Gasteiger partial charge in [-0.2, -0.15) is 5.26 Å². The molecule has 9 nitrogen and oxygen atoms in total. The van der Waals surface area contributed by atoms with Gasteiger partial charge in [0.1, 0.15) is 24.1 Å². The Labute approximate surface area is 160 Å². The SMILES string of the molecule is CC1(C)Oc2ccc(C#N)cc2C(n2ccc(CCO[N+](=O)[O-])cc2=O)C1O. The predicted octanol–water partition coefficient (Wildman–Crippen LogP) is 1.59. The Hall–Kier alpha value is -3.38. The van der Waals surface area contributed by atoms with E-state index in [4.69, 9.17) is 4.74 Å². The molecule has 28 heavy (non-hydrogen) atoms. The molecule has 146 valence electrons. The minimum Gasteiger partial charge on any atom is -0.485 e. The van der Waals surface area contributed by atoms with Gasteiger partial charge in [-0.05, 0) is 50.1 Å². The summed E-state index contributed by atoms with van der Waals surface area (Å²) in [5, 5.41) is 29.4. The van der Waals surface area contributed by atoms with Crippen LogP contribution in [0.15, 0.2) is 41.3 Å². The lowest BCUT2D eigenvalue weighted by Gasteiger charge is -2.42. The second-order valence-corrected chi connectivity index (χ2v) is 7.05. The van der Waals surface area contributed by atoms with Crippen molar-refractivity contribution in [3.05, 3.63) is 73.7 Å². The third kappa shape index (κ3) is 3.68. The zero-order valence-electron chi connectivity index (χ0n) is 15.4. The first-order valence-corrected chi connectivity index (χ1v) is 8.62. The molecule has 1 N–H and O–H groups in total. The fourth-order valence-electron chi connectivity index (χ4n) is 3.29. The van der Waals surface area contributed by atoms with Crippen molar-refractivity contribution in [3.8, 4) is 11.8 Å². The number of aromatic nitrogens is 1. The van der Waals surface area contributed by atoms with Crippen LogP contribution < -0.4 is 10.3 Å². The van der Waals surface area contributed by atoms with Crippen LogP contribution in [0.3, 0.4) is 0 Å². The Bertz CT molecular complexity index is 1010. The van der Waals surface area contributed by atoms with Crippen molar-refractivity contribution in [1.82, 2.24) is 4.57 Å². The van der Waals surface area contributed by atoms with E-state index in [1.54, 1.807) is 38.1 Å². The molecule has 2 unspecified atom stereocenters. The first-order valence-electron chi connectivity index (χ1n) is 8.62. The predicted molar refractivity (Wildman–Crippen MR) is 97.4 cm³/mol. The molecule has 1 aliphatic rings. The maximum Gasteiger partial charge on any atom is 0.294 e. The minimum absolute atomic E-state index is 0.155. The maximum absolute atomic E-state index is 12.7. The monoisotopic (exact) mass is 385 g/mol. The molecule has 2 aromatic rings. The van der Waals surface area contributed by atoms with Crippen LogP contribution >= 0.6 is 0 Å². The topological polar surface area (TPSA) is 128 Å². The largest absolute Gasteiger partial charge is 0.485 e. The van der Waals surface area contributed by atoms with E-state index in [-0.39, 0.29) is 18.6 Å². The highest BCUT2D eigenvalue weighted by atomic mass is 16.9. The lowest BCUT2D eigenvalue weighted by Crippen LogP contribution is -2.52. The van der Waals surface area contributed by atoms with Gasteiger partial charge in [0.25, 0.3) is 10.6 Å². The minimum atomic E-state index is -1.05. The van der Waals surface area contributed by atoms with Gasteiger partial charge in [0.2, 0.25) is 0 Å². The molecular weight excluding hydrogens is 366 g/mol. The highest BCUT2D eigenvalue weighted by molar-refractivity contribution is 5.46. The summed E-state index contributed by atoms with van der Waals surface area (Å²) >= 11 is 0. The Balaban J connectivity index is 2.01. The highest BCUT2D eigenvalue weighted by Crippen LogP contribution is 2.41. The van der Waals surface area contributed by atoms with Crippen molar-refractivity contribution < 1.29 is 19.8 Å². The molecule has 0 saturated carbocycles. The smallest absolute Gasteiger partial charge is 0.294 e. The third-order valence-electron chi connectivity index (χ3n) is 4.74. The van der Waals surface area contributed by atoms with E-state index in [1.165, 1.54) is 16.8 Å². The fraction of sp³-hybridized carbons (Fsp3) is 0.368. The van der Waals surface area contributed by atoms with Crippen LogP contribution in [-0.2, 0) is 11.3 Å². The summed E-state index contributed by atoms with van der Waals surface area (Å²) in [6.07, 6.45) is 0.686. The second-order valence-electron chi connectivity index (χ2n) is 7.05. The summed E-state index contributed by atoms with van der Waals surface area (Å²) in [5.74, 6) is 0.495. The summed E-state index contributed by atoms with van der Waals surface area (Å²) in [4.78, 5) is 27.2. The van der Waals surface area contributed by atoms with E-state index >= 15 is 0 Å². The van der Waals surface area contributed by atoms with Gasteiger partial charge in [0.15, 0.2) is 0 Å². The van der Waals surface area contributed by atoms with Gasteiger partial charge in [0.05, 0.1) is 17.7 Å². The molecule has 0 bridgehead atoms. The normalized spacial score (nSPS) is 19.8. The fourth-order valence-corrected chi connectivity index (χ4v) is 3.29. The Morgan fingerprint density at radius 2 is 2.14 bits per heavy atom. The van der Waals surface area contributed by atoms with E-state index in [9.17, 15) is 25.3 Å². The molecule has 1 aliphatic heterocycles. The molecule has 1 aromatic heterocycles. The maximum atomic E-state index is 12.7. The number of fused-ring (bicyclic) bond motifs is 1. The average molecular weight is 385 g/mol. The molecule has 2 atom stereocenters. The number of aliphatic hydroxyl groups excluding tert-OH is 1. The average Bonchev–Trinajstić information content (AvgIpc) is 2.63. The number of rotatable bonds is 5. The Morgan fingerprint density at radius 1 is 1.39 bits per heavy atom. The molecule has 2 heterocycles. The molecule has 0 aliphatic carbocycles. The Kier molecular flexibility index (Phi) is 5.07. The van der Waals surface area contributed by atoms with Gasteiger partial charge in [0, 0.05) is 17.8 Å². The van der Waals surface area contributed by atoms with E-state index in [0.717, 1.165) is 0 Å². The number of hydrogen-bond acceptors (Lipinski definition) is 7. The van der Waals surface area contributed by atoms with Gasteiger partial charge < -0.3 is 19.2 Å². The van der Waals surface area contributed by atoms with Crippen LogP contribution in [0.5, 0.6) is 5.75 Å². The number of ether oxygens (including phenoxy) is 1. The van der Waals surface area contributed by atoms with Crippen LogP contribution in [0, 0.1) is 21.4 Å². The zero-order chi connectivity index (χ0) is 20.5. The number of nitriles is 1. The molecule has 0 fully saturated rings. The van der Waals surface area contributed by atoms with Crippen LogP contribution in [0.1, 0.15) is 36.6 Å². The van der Waals surface area contributed by atoms with E-state index in [2.05, 4.69) is 4.84 Å². The first-order chi connectivity index (χ1) is 13.2. The van der Waals surface area contributed by atoms with Crippen molar-refractivity contribution in [2.24, 2.45) is 0 Å². The molecular formula is C19H19N3O6. The van der Waals surface area contributed by atoms with Crippen LogP contribution in [-0.4, -0.2) is 33.1 Å². The quantitative estimate of drug-likeness (QED) is 0.611. The number of benzene rings is 1. The van der Waals surface area contributed by atoms with Gasteiger partial charge in [-0.25, -0.2) is 0 Å². The van der Waals surface area contributed by atoms with E-state index in [1.807, 2.05) is 6.07 Å². The number of aliphatic hydroxyl groups is 1. The van der Waals surface area contributed by atoms with Gasteiger partial charge in [-0.15, -0.1) is 10.1 Å². The molecule has 9 heteroatoms. The highest BCUT2D eigenvalue weighted by Gasteiger charge is 2.44. The molecule has 1 aromatic carbocycles. The van der Waals surface area contributed by atoms with Crippen LogP contribution in [0.25, 0.3) is 0 Å². The van der Waals surface area contributed by atoms with Gasteiger partial charge >= 0.3 is 0 Å². The zero-order valence-corrected chi connectivity index (χ0v) is 15.4. The number of hydrogen-bond donors (Lipinski definition) is 1. The molecule has 0 radical (unpaired) electrons.